The summed E-state index contributed by atoms with van der Waals surface area (Å²) in [5.41, 5.74) is 2.17. The summed E-state index contributed by atoms with van der Waals surface area (Å²) in [7, 11) is 0. The van der Waals surface area contributed by atoms with Crippen LogP contribution in [0.3, 0.4) is 0 Å². The molecular weight excluding hydrogens is 381 g/mol. The van der Waals surface area contributed by atoms with Crippen LogP contribution in [0.15, 0.2) is 48.7 Å². The molecule has 0 bridgehead atoms. The largest absolute Gasteiger partial charge is 0.287 e. The second kappa shape index (κ2) is 5.99. The van der Waals surface area contributed by atoms with E-state index in [2.05, 4.69) is 6.07 Å². The van der Waals surface area contributed by atoms with E-state index in [-0.39, 0.29) is 22.7 Å². The molecular formula is C21H14ClFN3O2+. The van der Waals surface area contributed by atoms with Crippen molar-refractivity contribution >= 4 is 35.2 Å². The highest BCUT2D eigenvalue weighted by atomic mass is 35.5. The molecule has 0 saturated carbocycles. The van der Waals surface area contributed by atoms with Crippen molar-refractivity contribution in [1.82, 2.24) is 0 Å². The Morgan fingerprint density at radius 3 is 2.61 bits per heavy atom. The third-order valence-electron chi connectivity index (χ3n) is 5.92. The Labute approximate surface area is 165 Å². The summed E-state index contributed by atoms with van der Waals surface area (Å²) in [5, 5.41) is 9.62. The van der Waals surface area contributed by atoms with Gasteiger partial charge in [-0.3, -0.25) is 14.5 Å². The smallest absolute Gasteiger partial charge is 0.245 e. The fraction of sp³-hybridized carbons (Fsp3) is 0.190. The topological polar surface area (TPSA) is 65.6 Å². The number of benzene rings is 2. The zero-order chi connectivity index (χ0) is 19.6. The van der Waals surface area contributed by atoms with Crippen molar-refractivity contribution in [2.45, 2.75) is 12.1 Å². The minimum atomic E-state index is -0.753. The lowest BCUT2D eigenvalue weighted by Crippen LogP contribution is -3.10. The lowest BCUT2D eigenvalue weighted by molar-refractivity contribution is -0.885. The van der Waals surface area contributed by atoms with Crippen LogP contribution in [-0.4, -0.2) is 17.9 Å². The zero-order valence-electron chi connectivity index (χ0n) is 14.5. The molecule has 5 rings (SSSR count). The van der Waals surface area contributed by atoms with Crippen molar-refractivity contribution in [3.8, 4) is 6.07 Å². The molecule has 28 heavy (non-hydrogen) atoms. The number of anilines is 1. The maximum Gasteiger partial charge on any atom is 0.245 e. The minimum absolute atomic E-state index is 0.162. The summed E-state index contributed by atoms with van der Waals surface area (Å²) >= 11 is 5.85. The third-order valence-corrected chi connectivity index (χ3v) is 6.21. The highest BCUT2D eigenvalue weighted by molar-refractivity contribution is 6.31. The Kier molecular flexibility index (Phi) is 3.66. The number of rotatable bonds is 1. The number of hydrogen-bond donors (Lipinski definition) is 1. The van der Waals surface area contributed by atoms with E-state index in [1.165, 1.54) is 12.1 Å². The van der Waals surface area contributed by atoms with Crippen molar-refractivity contribution in [2.75, 3.05) is 4.90 Å². The van der Waals surface area contributed by atoms with E-state index >= 15 is 0 Å². The maximum absolute atomic E-state index is 13.5. The Hall–Kier alpha value is -3.01. The number of carbonyl (C=O) groups is 2. The number of amides is 2. The molecule has 0 aromatic heterocycles. The van der Waals surface area contributed by atoms with Crippen molar-refractivity contribution in [1.29, 1.82) is 5.26 Å². The quantitative estimate of drug-likeness (QED) is 0.753. The predicted molar refractivity (Wildman–Crippen MR) is 99.5 cm³/mol. The van der Waals surface area contributed by atoms with Gasteiger partial charge in [-0.05, 0) is 29.8 Å². The lowest BCUT2D eigenvalue weighted by atomic mass is 9.85. The second-order valence-electron chi connectivity index (χ2n) is 7.21. The average Bonchev–Trinajstić information content (AvgIpc) is 3.17. The predicted octanol–water partition coefficient (Wildman–Crippen LogP) is 2.10. The summed E-state index contributed by atoms with van der Waals surface area (Å²) in [6.07, 6.45) is 3.80. The second-order valence-corrected chi connectivity index (χ2v) is 7.62. The first kappa shape index (κ1) is 17.1. The first-order valence-corrected chi connectivity index (χ1v) is 9.27. The molecule has 3 aliphatic heterocycles. The molecule has 1 N–H and O–H groups in total. The maximum atomic E-state index is 13.5. The Morgan fingerprint density at radius 1 is 1.11 bits per heavy atom. The normalized spacial score (nSPS) is 30.0. The van der Waals surface area contributed by atoms with E-state index in [4.69, 9.17) is 11.6 Å². The van der Waals surface area contributed by atoms with Gasteiger partial charge in [0.15, 0.2) is 6.04 Å². The average molecular weight is 395 g/mol. The van der Waals surface area contributed by atoms with Crippen molar-refractivity contribution in [3.63, 3.8) is 0 Å². The summed E-state index contributed by atoms with van der Waals surface area (Å²) in [5.74, 6) is -2.83. The number of nitrogens with zero attached hydrogens (tertiary/aromatic N) is 2. The molecule has 0 radical (unpaired) electrons. The van der Waals surface area contributed by atoms with E-state index < -0.39 is 29.6 Å². The van der Waals surface area contributed by atoms with Gasteiger partial charge >= 0.3 is 0 Å². The number of nitrogens with one attached hydrogen (secondary N) is 1. The van der Waals surface area contributed by atoms with Crippen LogP contribution in [0.25, 0.3) is 6.08 Å². The molecule has 0 aliphatic carbocycles. The monoisotopic (exact) mass is 394 g/mol. The first-order chi connectivity index (χ1) is 13.5. The van der Waals surface area contributed by atoms with E-state index in [1.54, 1.807) is 0 Å². The molecule has 2 aromatic rings. The molecule has 2 fully saturated rings. The molecule has 138 valence electrons. The summed E-state index contributed by atoms with van der Waals surface area (Å²) < 4.78 is 13.5. The van der Waals surface area contributed by atoms with Crippen LogP contribution < -0.4 is 9.80 Å². The van der Waals surface area contributed by atoms with Crippen LogP contribution in [-0.2, 0) is 9.59 Å². The zero-order valence-corrected chi connectivity index (χ0v) is 15.2. The lowest BCUT2D eigenvalue weighted by Gasteiger charge is -2.28. The van der Waals surface area contributed by atoms with Crippen molar-refractivity contribution < 1.29 is 18.9 Å². The van der Waals surface area contributed by atoms with Crippen LogP contribution in [0, 0.1) is 29.0 Å². The third kappa shape index (κ3) is 2.15. The standard InChI is InChI=1S/C21H13ClFN3O2/c22-14-9-12(5-6-15(14)23)26-20(27)17-16(10-24)25-8-7-11-3-1-2-4-13(11)19(25)18(17)21(26)28/h1-9,16-19H/p+1/t16-,17+,18+,19-/m1/s1. The number of quaternary nitrogens is 1. The fourth-order valence-corrected chi connectivity index (χ4v) is 4.94. The van der Waals surface area contributed by atoms with Crippen LogP contribution in [0.5, 0.6) is 0 Å². The van der Waals surface area contributed by atoms with Gasteiger partial charge in [0, 0.05) is 5.56 Å². The molecule has 1 unspecified atom stereocenters. The van der Waals surface area contributed by atoms with Gasteiger partial charge in [0.25, 0.3) is 0 Å². The number of nitriles is 1. The number of hydrogen-bond acceptors (Lipinski definition) is 3. The summed E-state index contributed by atoms with van der Waals surface area (Å²) in [6, 6.07) is 12.7. The highest BCUT2D eigenvalue weighted by Gasteiger charge is 2.66. The Bertz CT molecular complexity index is 1110. The highest BCUT2D eigenvalue weighted by Crippen LogP contribution is 2.44. The fourth-order valence-electron chi connectivity index (χ4n) is 4.77. The van der Waals surface area contributed by atoms with Crippen molar-refractivity contribution in [3.05, 3.63) is 70.6 Å². The Morgan fingerprint density at radius 2 is 1.86 bits per heavy atom. The number of fused-ring (bicyclic) bond motifs is 5. The van der Waals surface area contributed by atoms with Crippen LogP contribution in [0.4, 0.5) is 10.1 Å². The molecule has 7 heteroatoms. The molecule has 0 spiro atoms. The van der Waals surface area contributed by atoms with Crippen molar-refractivity contribution in [2.24, 2.45) is 11.8 Å². The number of carbonyl (C=O) groups excluding carboxylic acids is 2. The SMILES string of the molecule is N#C[C@@H]1[C@@H]2C(=O)N(c3ccc(F)c(Cl)c3)C(=O)[C@@H]2[C@H]2c3ccccc3C=C[NH+]12. The summed E-state index contributed by atoms with van der Waals surface area (Å²) in [6.45, 7) is 0. The molecule has 5 atom stereocenters. The molecule has 3 aliphatic rings. The molecule has 2 aromatic carbocycles. The van der Waals surface area contributed by atoms with Gasteiger partial charge in [-0.2, -0.15) is 5.26 Å². The van der Waals surface area contributed by atoms with Gasteiger partial charge in [-0.25, -0.2) is 9.29 Å². The first-order valence-electron chi connectivity index (χ1n) is 8.89. The van der Waals surface area contributed by atoms with E-state index in [0.717, 1.165) is 27.0 Å². The van der Waals surface area contributed by atoms with Crippen LogP contribution >= 0.6 is 11.6 Å². The summed E-state index contributed by atoms with van der Waals surface area (Å²) in [4.78, 5) is 28.4. The van der Waals surface area contributed by atoms with Gasteiger partial charge in [0.2, 0.25) is 11.8 Å². The number of halogens is 2. The van der Waals surface area contributed by atoms with E-state index in [9.17, 15) is 19.2 Å². The molecule has 3 heterocycles. The van der Waals surface area contributed by atoms with Gasteiger partial charge in [0.05, 0.1) is 16.9 Å². The van der Waals surface area contributed by atoms with Crippen LogP contribution in [0.2, 0.25) is 5.02 Å². The molecule has 2 saturated heterocycles. The Balaban J connectivity index is 1.63. The van der Waals surface area contributed by atoms with Gasteiger partial charge in [-0.1, -0.05) is 35.9 Å². The minimum Gasteiger partial charge on any atom is -0.287 e. The number of imide groups is 1. The van der Waals surface area contributed by atoms with E-state index in [1.807, 2.05) is 36.5 Å². The van der Waals surface area contributed by atoms with Gasteiger partial charge < -0.3 is 0 Å². The molecule has 5 nitrogen and oxygen atoms in total. The van der Waals surface area contributed by atoms with Crippen LogP contribution in [0.1, 0.15) is 17.2 Å². The van der Waals surface area contributed by atoms with Gasteiger partial charge in [-0.15, -0.1) is 0 Å². The molecule has 2 amide bonds. The van der Waals surface area contributed by atoms with Gasteiger partial charge in [0.1, 0.15) is 29.8 Å². The van der Waals surface area contributed by atoms with E-state index in [0.29, 0.717) is 0 Å².